The molecule has 0 bridgehead atoms. The van der Waals surface area contributed by atoms with Crippen LogP contribution in [0.5, 0.6) is 12.0 Å². The molecule has 6 heteroatoms. The van der Waals surface area contributed by atoms with Crippen LogP contribution in [0.3, 0.4) is 0 Å². The summed E-state index contributed by atoms with van der Waals surface area (Å²) in [6.07, 6.45) is 2.93. The number of rotatable bonds is 7. The molecule has 1 aromatic heterocycles. The van der Waals surface area contributed by atoms with Crippen LogP contribution >= 0.6 is 0 Å². The minimum atomic E-state index is 0.290. The zero-order valence-electron chi connectivity index (χ0n) is 10.9. The second-order valence-electron chi connectivity index (χ2n) is 3.70. The van der Waals surface area contributed by atoms with E-state index in [1.54, 1.807) is 0 Å². The Morgan fingerprint density at radius 2 is 1.71 bits per heavy atom. The van der Waals surface area contributed by atoms with Gasteiger partial charge < -0.3 is 14.8 Å². The number of hydrogen-bond acceptors (Lipinski definition) is 6. The van der Waals surface area contributed by atoms with Crippen LogP contribution in [0.4, 0.5) is 0 Å². The van der Waals surface area contributed by atoms with Crippen molar-refractivity contribution in [1.29, 1.82) is 0 Å². The van der Waals surface area contributed by atoms with Crippen LogP contribution in [0.15, 0.2) is 0 Å². The Morgan fingerprint density at radius 3 is 2.12 bits per heavy atom. The summed E-state index contributed by atoms with van der Waals surface area (Å²) in [5.74, 6) is 0.682. The van der Waals surface area contributed by atoms with Gasteiger partial charge in [-0.05, 0) is 13.5 Å². The number of hydrogen-bond donors (Lipinski definition) is 1. The molecule has 0 aliphatic carbocycles. The first-order chi connectivity index (χ1) is 8.23. The van der Waals surface area contributed by atoms with Crippen molar-refractivity contribution in [2.75, 3.05) is 21.3 Å². The van der Waals surface area contributed by atoms with Gasteiger partial charge in [-0.2, -0.15) is 9.97 Å². The number of likely N-dealkylation sites (N-methyl/N-ethyl adjacent to an activating group) is 1. The van der Waals surface area contributed by atoms with Crippen LogP contribution in [0.25, 0.3) is 0 Å². The first-order valence-electron chi connectivity index (χ1n) is 5.73. The number of methoxy groups -OCH3 is 2. The predicted octanol–water partition coefficient (Wildman–Crippen LogP) is 0.819. The highest BCUT2D eigenvalue weighted by Crippen LogP contribution is 2.11. The molecular weight excluding hydrogens is 220 g/mol. The van der Waals surface area contributed by atoms with Crippen LogP contribution in [-0.2, 0) is 6.42 Å². The Morgan fingerprint density at radius 1 is 1.12 bits per heavy atom. The Bertz CT molecular complexity index is 324. The Kier molecular flexibility index (Phi) is 5.62. The zero-order valence-corrected chi connectivity index (χ0v) is 10.9. The summed E-state index contributed by atoms with van der Waals surface area (Å²) < 4.78 is 10.0. The zero-order chi connectivity index (χ0) is 12.7. The minimum Gasteiger partial charge on any atom is -0.467 e. The molecule has 96 valence electrons. The average Bonchev–Trinajstić information content (AvgIpc) is 2.37. The van der Waals surface area contributed by atoms with Gasteiger partial charge >= 0.3 is 12.0 Å². The van der Waals surface area contributed by atoms with E-state index in [0.29, 0.717) is 23.9 Å². The molecule has 0 saturated carbocycles. The van der Waals surface area contributed by atoms with Gasteiger partial charge in [0.1, 0.15) is 5.82 Å². The Balaban J connectivity index is 2.81. The van der Waals surface area contributed by atoms with Gasteiger partial charge in [0.15, 0.2) is 0 Å². The van der Waals surface area contributed by atoms with Gasteiger partial charge in [0.05, 0.1) is 14.2 Å². The fourth-order valence-electron chi connectivity index (χ4n) is 1.57. The van der Waals surface area contributed by atoms with Gasteiger partial charge in [0.25, 0.3) is 0 Å². The molecule has 1 aromatic rings. The first-order valence-corrected chi connectivity index (χ1v) is 5.73. The van der Waals surface area contributed by atoms with Crippen LogP contribution in [0, 0.1) is 0 Å². The fraction of sp³-hybridized carbons (Fsp3) is 0.727. The monoisotopic (exact) mass is 240 g/mol. The second-order valence-corrected chi connectivity index (χ2v) is 3.70. The van der Waals surface area contributed by atoms with E-state index >= 15 is 0 Å². The third-order valence-electron chi connectivity index (χ3n) is 2.48. The van der Waals surface area contributed by atoms with Crippen LogP contribution < -0.4 is 14.8 Å². The lowest BCUT2D eigenvalue weighted by molar-refractivity contribution is 0.334. The fourth-order valence-corrected chi connectivity index (χ4v) is 1.57. The standard InChI is InChI=1S/C11H20N4O2/c1-5-6-8(12-2)7-9-13-10(16-3)15-11(14-9)17-4/h8,12H,5-7H2,1-4H3. The maximum absolute atomic E-state index is 5.01. The molecule has 1 N–H and O–H groups in total. The van der Waals surface area contributed by atoms with Crippen LogP contribution in [-0.4, -0.2) is 42.3 Å². The number of nitrogens with one attached hydrogen (secondary N) is 1. The maximum Gasteiger partial charge on any atom is 0.322 e. The molecule has 0 aliphatic heterocycles. The predicted molar refractivity (Wildman–Crippen MR) is 64.4 cm³/mol. The molecule has 1 unspecified atom stereocenters. The third kappa shape index (κ3) is 4.14. The van der Waals surface area contributed by atoms with E-state index in [1.807, 2.05) is 7.05 Å². The van der Waals surface area contributed by atoms with Gasteiger partial charge in [-0.1, -0.05) is 13.3 Å². The van der Waals surface area contributed by atoms with E-state index in [-0.39, 0.29) is 0 Å². The van der Waals surface area contributed by atoms with Crippen molar-refractivity contribution >= 4 is 0 Å². The molecule has 1 heterocycles. The van der Waals surface area contributed by atoms with E-state index in [9.17, 15) is 0 Å². The topological polar surface area (TPSA) is 69.2 Å². The lowest BCUT2D eigenvalue weighted by Crippen LogP contribution is -2.28. The molecule has 6 nitrogen and oxygen atoms in total. The summed E-state index contributed by atoms with van der Waals surface area (Å²) in [5.41, 5.74) is 0. The maximum atomic E-state index is 5.01. The van der Waals surface area contributed by atoms with Crippen molar-refractivity contribution in [2.24, 2.45) is 0 Å². The molecule has 0 spiro atoms. The third-order valence-corrected chi connectivity index (χ3v) is 2.48. The van der Waals surface area contributed by atoms with Crippen molar-refractivity contribution in [1.82, 2.24) is 20.3 Å². The highest BCUT2D eigenvalue weighted by Gasteiger charge is 2.12. The molecule has 0 fully saturated rings. The molecule has 0 saturated heterocycles. The molecule has 1 atom stereocenters. The number of ether oxygens (including phenoxy) is 2. The van der Waals surface area contributed by atoms with E-state index in [1.165, 1.54) is 14.2 Å². The first kappa shape index (κ1) is 13.6. The summed E-state index contributed by atoms with van der Waals surface area (Å²) in [6, 6.07) is 0.938. The van der Waals surface area contributed by atoms with Crippen LogP contribution in [0.2, 0.25) is 0 Å². The summed E-state index contributed by atoms with van der Waals surface area (Å²) >= 11 is 0. The highest BCUT2D eigenvalue weighted by molar-refractivity contribution is 5.06. The average molecular weight is 240 g/mol. The molecule has 0 amide bonds. The molecule has 0 aromatic carbocycles. The Labute approximate surface area is 102 Å². The molecule has 17 heavy (non-hydrogen) atoms. The number of aromatic nitrogens is 3. The normalized spacial score (nSPS) is 12.2. The van der Waals surface area contributed by atoms with Crippen molar-refractivity contribution in [3.8, 4) is 12.0 Å². The van der Waals surface area contributed by atoms with Crippen molar-refractivity contribution in [2.45, 2.75) is 32.2 Å². The molecule has 1 rings (SSSR count). The van der Waals surface area contributed by atoms with Crippen molar-refractivity contribution < 1.29 is 9.47 Å². The van der Waals surface area contributed by atoms with Crippen LogP contribution in [0.1, 0.15) is 25.6 Å². The SMILES string of the molecule is CCCC(Cc1nc(OC)nc(OC)n1)NC. The van der Waals surface area contributed by atoms with E-state index in [2.05, 4.69) is 27.2 Å². The van der Waals surface area contributed by atoms with Gasteiger partial charge in [0, 0.05) is 12.5 Å². The van der Waals surface area contributed by atoms with Gasteiger partial charge in [-0.3, -0.25) is 0 Å². The summed E-state index contributed by atoms with van der Waals surface area (Å²) in [7, 11) is 5.00. The van der Waals surface area contributed by atoms with Gasteiger partial charge in [-0.25, -0.2) is 0 Å². The van der Waals surface area contributed by atoms with E-state index in [0.717, 1.165) is 19.3 Å². The Hall–Kier alpha value is -1.43. The summed E-state index contributed by atoms with van der Waals surface area (Å²) in [6.45, 7) is 2.15. The molecule has 0 radical (unpaired) electrons. The largest absolute Gasteiger partial charge is 0.467 e. The van der Waals surface area contributed by atoms with Crippen molar-refractivity contribution in [3.05, 3.63) is 5.82 Å². The highest BCUT2D eigenvalue weighted by atomic mass is 16.5. The van der Waals surface area contributed by atoms with Gasteiger partial charge in [0.2, 0.25) is 0 Å². The van der Waals surface area contributed by atoms with E-state index in [4.69, 9.17) is 9.47 Å². The smallest absolute Gasteiger partial charge is 0.322 e. The van der Waals surface area contributed by atoms with Crippen molar-refractivity contribution in [3.63, 3.8) is 0 Å². The summed E-state index contributed by atoms with van der Waals surface area (Å²) in [4.78, 5) is 12.4. The summed E-state index contributed by atoms with van der Waals surface area (Å²) in [5, 5.41) is 3.24. The second kappa shape index (κ2) is 7.01. The number of nitrogens with zero attached hydrogens (tertiary/aromatic N) is 3. The molecular formula is C11H20N4O2. The lowest BCUT2D eigenvalue weighted by atomic mass is 10.1. The van der Waals surface area contributed by atoms with Gasteiger partial charge in [-0.15, -0.1) is 4.98 Å². The van der Waals surface area contributed by atoms with E-state index < -0.39 is 0 Å². The quantitative estimate of drug-likeness (QED) is 0.761. The minimum absolute atomic E-state index is 0.290. The molecule has 0 aliphatic rings. The lowest BCUT2D eigenvalue weighted by Gasteiger charge is -2.14.